The van der Waals surface area contributed by atoms with E-state index in [2.05, 4.69) is 26.8 Å². The molecule has 1 aromatic carbocycles. The summed E-state index contributed by atoms with van der Waals surface area (Å²) in [5, 5.41) is 9.09. The Labute approximate surface area is 147 Å². The molecular weight excluding hydrogens is 344 g/mol. The first-order chi connectivity index (χ1) is 11.7. The van der Waals surface area contributed by atoms with Crippen LogP contribution in [-0.4, -0.2) is 27.1 Å². The molecule has 6 nitrogen and oxygen atoms in total. The lowest BCUT2D eigenvalue weighted by Crippen LogP contribution is -2.11. The van der Waals surface area contributed by atoms with Crippen LogP contribution in [-0.2, 0) is 0 Å². The lowest BCUT2D eigenvalue weighted by atomic mass is 10.2. The van der Waals surface area contributed by atoms with E-state index in [1.54, 1.807) is 6.92 Å². The largest absolute Gasteiger partial charge is 0.494 e. The van der Waals surface area contributed by atoms with Gasteiger partial charge >= 0.3 is 0 Å². The Kier molecular flexibility index (Phi) is 5.17. The quantitative estimate of drug-likeness (QED) is 0.719. The Morgan fingerprint density at radius 2 is 2.08 bits per heavy atom. The summed E-state index contributed by atoms with van der Waals surface area (Å²) in [7, 11) is 0. The molecule has 0 atom stereocenters. The second-order valence-corrected chi connectivity index (χ2v) is 6.66. The van der Waals surface area contributed by atoms with Crippen molar-refractivity contribution in [1.82, 2.24) is 14.6 Å². The van der Waals surface area contributed by atoms with Gasteiger partial charge in [-0.2, -0.15) is 0 Å². The van der Waals surface area contributed by atoms with Crippen LogP contribution in [0.15, 0.2) is 29.6 Å². The molecule has 8 heteroatoms. The molecule has 0 fully saturated rings. The number of amides is 1. The molecule has 1 N–H and O–H groups in total. The predicted octanol–water partition coefficient (Wildman–Crippen LogP) is 4.01. The first-order valence-corrected chi connectivity index (χ1v) is 9.11. The van der Waals surface area contributed by atoms with Crippen molar-refractivity contribution in [1.29, 1.82) is 0 Å². The van der Waals surface area contributed by atoms with Gasteiger partial charge in [-0.05, 0) is 49.1 Å². The van der Waals surface area contributed by atoms with Crippen LogP contribution in [0.4, 0.5) is 5.13 Å². The number of carbonyl (C=O) groups is 1. The van der Waals surface area contributed by atoms with Crippen LogP contribution < -0.4 is 10.1 Å². The lowest BCUT2D eigenvalue weighted by Gasteiger charge is -2.04. The number of nitrogens with zero attached hydrogens (tertiary/aromatic N) is 3. The molecular formula is C16H16N4O2S2. The van der Waals surface area contributed by atoms with Gasteiger partial charge in [0.2, 0.25) is 0 Å². The monoisotopic (exact) mass is 360 g/mol. The van der Waals surface area contributed by atoms with E-state index in [-0.39, 0.29) is 5.91 Å². The molecule has 3 rings (SSSR count). The number of aromatic nitrogens is 3. The molecule has 0 aliphatic rings. The van der Waals surface area contributed by atoms with Crippen LogP contribution in [0.5, 0.6) is 5.75 Å². The third-order valence-corrected chi connectivity index (χ3v) is 4.79. The fraction of sp³-hybridized carbons (Fsp3) is 0.250. The van der Waals surface area contributed by atoms with E-state index in [0.717, 1.165) is 35.0 Å². The summed E-state index contributed by atoms with van der Waals surface area (Å²) in [6.45, 7) is 4.54. The minimum absolute atomic E-state index is 0.230. The van der Waals surface area contributed by atoms with E-state index >= 15 is 0 Å². The van der Waals surface area contributed by atoms with Crippen molar-refractivity contribution in [2.24, 2.45) is 0 Å². The summed E-state index contributed by atoms with van der Waals surface area (Å²) >= 11 is 2.46. The number of benzene rings is 1. The molecule has 0 aliphatic heterocycles. The fourth-order valence-electron chi connectivity index (χ4n) is 2.00. The van der Waals surface area contributed by atoms with Crippen molar-refractivity contribution in [3.8, 4) is 17.0 Å². The molecule has 0 spiro atoms. The minimum Gasteiger partial charge on any atom is -0.494 e. The van der Waals surface area contributed by atoms with Gasteiger partial charge < -0.3 is 4.74 Å². The highest BCUT2D eigenvalue weighted by molar-refractivity contribution is 7.14. The maximum atomic E-state index is 12.2. The van der Waals surface area contributed by atoms with Gasteiger partial charge in [0.1, 0.15) is 10.6 Å². The normalized spacial score (nSPS) is 10.6. The van der Waals surface area contributed by atoms with E-state index in [9.17, 15) is 4.79 Å². The van der Waals surface area contributed by atoms with Crippen molar-refractivity contribution in [3.63, 3.8) is 0 Å². The SMILES string of the molecule is CCCOc1ccc(-c2csc(NC(=O)c3snnc3C)n2)cc1. The molecule has 2 heterocycles. The number of ether oxygens (including phenoxy) is 1. The number of anilines is 1. The number of hydrogen-bond donors (Lipinski definition) is 1. The Balaban J connectivity index is 1.69. The number of hydrogen-bond acceptors (Lipinski definition) is 7. The molecule has 1 amide bonds. The van der Waals surface area contributed by atoms with E-state index in [0.29, 0.717) is 22.3 Å². The summed E-state index contributed by atoms with van der Waals surface area (Å²) in [6.07, 6.45) is 0.978. The van der Waals surface area contributed by atoms with Gasteiger partial charge in [0.05, 0.1) is 18.0 Å². The minimum atomic E-state index is -0.230. The smallest absolute Gasteiger partial charge is 0.271 e. The third kappa shape index (κ3) is 3.77. The zero-order valence-corrected chi connectivity index (χ0v) is 14.9. The highest BCUT2D eigenvalue weighted by Gasteiger charge is 2.15. The summed E-state index contributed by atoms with van der Waals surface area (Å²) in [4.78, 5) is 17.1. The van der Waals surface area contributed by atoms with Gasteiger partial charge in [-0.25, -0.2) is 4.98 Å². The van der Waals surface area contributed by atoms with Gasteiger partial charge in [-0.3, -0.25) is 10.1 Å². The molecule has 0 saturated heterocycles. The second-order valence-electron chi connectivity index (χ2n) is 5.05. The molecule has 3 aromatic rings. The molecule has 0 unspecified atom stereocenters. The van der Waals surface area contributed by atoms with Gasteiger partial charge in [-0.15, -0.1) is 16.4 Å². The van der Waals surface area contributed by atoms with Gasteiger partial charge in [0, 0.05) is 10.9 Å². The fourth-order valence-corrected chi connectivity index (χ4v) is 3.27. The predicted molar refractivity (Wildman–Crippen MR) is 95.9 cm³/mol. The van der Waals surface area contributed by atoms with Crippen LogP contribution in [0.2, 0.25) is 0 Å². The van der Waals surface area contributed by atoms with Crippen LogP contribution in [0.3, 0.4) is 0 Å². The Bertz CT molecular complexity index is 827. The Hall–Kier alpha value is -2.32. The molecule has 0 aliphatic carbocycles. The molecule has 24 heavy (non-hydrogen) atoms. The summed E-state index contributed by atoms with van der Waals surface area (Å²) in [5.74, 6) is 0.615. The van der Waals surface area contributed by atoms with E-state index < -0.39 is 0 Å². The van der Waals surface area contributed by atoms with E-state index in [4.69, 9.17) is 4.74 Å². The van der Waals surface area contributed by atoms with Crippen molar-refractivity contribution in [2.45, 2.75) is 20.3 Å². The summed E-state index contributed by atoms with van der Waals surface area (Å²) in [5.41, 5.74) is 2.42. The van der Waals surface area contributed by atoms with Crippen LogP contribution in [0.25, 0.3) is 11.3 Å². The summed E-state index contributed by atoms with van der Waals surface area (Å²) in [6, 6.07) is 7.77. The number of thiazole rings is 1. The Morgan fingerprint density at radius 3 is 2.75 bits per heavy atom. The molecule has 124 valence electrons. The number of aryl methyl sites for hydroxylation is 1. The Morgan fingerprint density at radius 1 is 1.29 bits per heavy atom. The topological polar surface area (TPSA) is 77.0 Å². The molecule has 2 aromatic heterocycles. The van der Waals surface area contributed by atoms with E-state index in [1.807, 2.05) is 29.6 Å². The van der Waals surface area contributed by atoms with E-state index in [1.165, 1.54) is 11.3 Å². The van der Waals surface area contributed by atoms with Crippen molar-refractivity contribution in [2.75, 3.05) is 11.9 Å². The standard InChI is InChI=1S/C16H16N4O2S2/c1-3-8-22-12-6-4-11(5-7-12)13-9-23-16(17-13)18-15(21)14-10(2)19-20-24-14/h4-7,9H,3,8H2,1-2H3,(H,17,18,21). The van der Waals surface area contributed by atoms with Gasteiger partial charge in [-0.1, -0.05) is 11.4 Å². The first-order valence-electron chi connectivity index (χ1n) is 7.46. The van der Waals surface area contributed by atoms with Crippen LogP contribution in [0, 0.1) is 6.92 Å². The maximum absolute atomic E-state index is 12.2. The first kappa shape index (κ1) is 16.5. The van der Waals surface area contributed by atoms with Crippen molar-refractivity contribution >= 4 is 33.9 Å². The molecule has 0 radical (unpaired) electrons. The lowest BCUT2D eigenvalue weighted by molar-refractivity contribution is 0.103. The number of nitrogens with one attached hydrogen (secondary N) is 1. The number of carbonyl (C=O) groups excluding carboxylic acids is 1. The van der Waals surface area contributed by atoms with Gasteiger partial charge in [0.15, 0.2) is 5.13 Å². The summed E-state index contributed by atoms with van der Waals surface area (Å²) < 4.78 is 9.34. The third-order valence-electron chi connectivity index (χ3n) is 3.21. The zero-order valence-electron chi connectivity index (χ0n) is 13.3. The average molecular weight is 360 g/mol. The molecule has 0 saturated carbocycles. The highest BCUT2D eigenvalue weighted by atomic mass is 32.1. The second kappa shape index (κ2) is 7.50. The molecule has 0 bridgehead atoms. The zero-order chi connectivity index (χ0) is 16.9. The average Bonchev–Trinajstić information content (AvgIpc) is 3.22. The van der Waals surface area contributed by atoms with Crippen LogP contribution >= 0.6 is 22.9 Å². The van der Waals surface area contributed by atoms with Crippen LogP contribution in [0.1, 0.15) is 28.7 Å². The number of rotatable bonds is 6. The van der Waals surface area contributed by atoms with Gasteiger partial charge in [0.25, 0.3) is 5.91 Å². The maximum Gasteiger partial charge on any atom is 0.271 e. The van der Waals surface area contributed by atoms with Crippen molar-refractivity contribution in [3.05, 3.63) is 40.2 Å². The van der Waals surface area contributed by atoms with Crippen molar-refractivity contribution < 1.29 is 9.53 Å². The highest BCUT2D eigenvalue weighted by Crippen LogP contribution is 2.27.